The van der Waals surface area contributed by atoms with E-state index in [4.69, 9.17) is 23.9 Å². The lowest BCUT2D eigenvalue weighted by Gasteiger charge is -2.41. The first-order chi connectivity index (χ1) is 25.6. The Kier molecular flexibility index (Phi) is 6.73. The number of aliphatic imine (C=N–C) groups is 1. The molecule has 4 aliphatic heterocycles. The highest BCUT2D eigenvalue weighted by Gasteiger charge is 2.46. The molecule has 7 aromatic rings. The molecule has 0 N–H and O–H groups in total. The molecule has 0 bridgehead atoms. The van der Waals surface area contributed by atoms with Gasteiger partial charge in [-0.25, -0.2) is 0 Å². The van der Waals surface area contributed by atoms with Gasteiger partial charge in [0.25, 0.3) is 0 Å². The van der Waals surface area contributed by atoms with E-state index in [0.29, 0.717) is 0 Å². The van der Waals surface area contributed by atoms with Crippen molar-refractivity contribution in [1.29, 1.82) is 0 Å². The largest absolute Gasteiger partial charge is 0.473 e. The summed E-state index contributed by atoms with van der Waals surface area (Å²) < 4.78 is 25.1. The highest BCUT2D eigenvalue weighted by atomic mass is 16.5. The van der Waals surface area contributed by atoms with Crippen molar-refractivity contribution in [3.8, 4) is 28.7 Å². The quantitative estimate of drug-likeness (QED) is 0.160. The van der Waals surface area contributed by atoms with Crippen molar-refractivity contribution in [2.75, 3.05) is 11.9 Å². The van der Waals surface area contributed by atoms with E-state index in [9.17, 15) is 0 Å². The molecule has 6 nitrogen and oxygen atoms in total. The number of rotatable bonds is 0. The summed E-state index contributed by atoms with van der Waals surface area (Å²) in [4.78, 5) is 7.01. The third kappa shape index (κ3) is 4.61. The third-order valence-corrected chi connectivity index (χ3v) is 10.2. The number of ether oxygens (including phenoxy) is 4. The fourth-order valence-corrected chi connectivity index (χ4v) is 7.61. The molecule has 0 aliphatic carbocycles. The monoisotopic (exact) mass is 676 g/mol. The maximum atomic E-state index is 6.74. The zero-order valence-corrected chi connectivity index (χ0v) is 28.3. The molecule has 0 aromatic heterocycles. The van der Waals surface area contributed by atoms with Crippen LogP contribution in [0.2, 0.25) is 0 Å². The Morgan fingerprint density at radius 1 is 0.538 bits per heavy atom. The van der Waals surface area contributed by atoms with Crippen LogP contribution < -0.4 is 23.8 Å². The highest BCUT2D eigenvalue weighted by molar-refractivity contribution is 5.99. The third-order valence-electron chi connectivity index (χ3n) is 10.2. The van der Waals surface area contributed by atoms with Crippen molar-refractivity contribution >= 4 is 45.2 Å². The van der Waals surface area contributed by atoms with E-state index in [-0.39, 0.29) is 0 Å². The van der Waals surface area contributed by atoms with Crippen LogP contribution in [0.1, 0.15) is 16.7 Å². The second kappa shape index (κ2) is 11.6. The first-order valence-corrected chi connectivity index (χ1v) is 17.3. The number of para-hydroxylation sites is 4. The van der Waals surface area contributed by atoms with E-state index in [0.717, 1.165) is 67.6 Å². The molecule has 0 fully saturated rings. The molecular weight excluding hydrogens is 645 g/mol. The molecule has 0 saturated carbocycles. The van der Waals surface area contributed by atoms with Crippen molar-refractivity contribution in [3.63, 3.8) is 0 Å². The topological polar surface area (TPSA) is 52.5 Å². The van der Waals surface area contributed by atoms with Gasteiger partial charge in [-0.05, 0) is 70.8 Å². The van der Waals surface area contributed by atoms with E-state index >= 15 is 0 Å². The maximum absolute atomic E-state index is 6.74. The molecule has 250 valence electrons. The fourth-order valence-electron chi connectivity index (χ4n) is 7.61. The average molecular weight is 677 g/mol. The lowest BCUT2D eigenvalue weighted by Crippen LogP contribution is -2.51. The van der Waals surface area contributed by atoms with Crippen LogP contribution >= 0.6 is 0 Å². The summed E-state index contributed by atoms with van der Waals surface area (Å²) in [6.45, 7) is 0. The van der Waals surface area contributed by atoms with E-state index in [1.165, 1.54) is 10.8 Å². The van der Waals surface area contributed by atoms with Crippen LogP contribution in [0.5, 0.6) is 28.7 Å². The van der Waals surface area contributed by atoms with Gasteiger partial charge in [-0.15, -0.1) is 0 Å². The van der Waals surface area contributed by atoms with Gasteiger partial charge < -0.3 is 23.8 Å². The smallest absolute Gasteiger partial charge is 0.249 e. The Hall–Kier alpha value is -6.79. The molecule has 2 spiro atoms. The minimum absolute atomic E-state index is 0.593. The van der Waals surface area contributed by atoms with Gasteiger partial charge in [-0.3, -0.25) is 4.99 Å². The normalized spacial score (nSPS) is 19.8. The van der Waals surface area contributed by atoms with Crippen molar-refractivity contribution < 1.29 is 18.9 Å². The summed E-state index contributed by atoms with van der Waals surface area (Å²) in [5.41, 5.74) is 3.38. The van der Waals surface area contributed by atoms with Gasteiger partial charge in [0.2, 0.25) is 5.72 Å². The standard InChI is InChI=1S/C25H18N2O2.C21H14O2/c1-27-20-11-5-7-13-22(20)28-21-12-6-4-10-19(21)25(27)16-26-24-18-9-3-2-8-17(18)14-15-23(24)29-25;1-2-6-16-15(5-1)9-10-19-17(16)11-12-21(23-19)13-14-22-20-8-4-3-7-18(20)21/h2-16H,1H3;1-14H. The summed E-state index contributed by atoms with van der Waals surface area (Å²) >= 11 is 0. The van der Waals surface area contributed by atoms with Crippen molar-refractivity contribution in [2.45, 2.75) is 11.3 Å². The van der Waals surface area contributed by atoms with Crippen LogP contribution in [-0.4, -0.2) is 13.3 Å². The molecular formula is C46H32N2O4. The van der Waals surface area contributed by atoms with Crippen molar-refractivity contribution in [3.05, 3.63) is 181 Å². The second-order valence-electron chi connectivity index (χ2n) is 13.2. The SMILES string of the molecule is C1=CC2(C=Cc3c(ccc4ccccc34)O2)c2ccccc2O1.CN1c2ccccc2Oc2ccccc2C12C=Nc1c(ccc3ccccc13)O2. The zero-order chi connectivity index (χ0) is 34.7. The molecule has 2 atom stereocenters. The summed E-state index contributed by atoms with van der Waals surface area (Å²) in [5.74, 6) is 4.05. The average Bonchev–Trinajstić information content (AvgIpc) is 3.30. The Labute approximate surface area is 301 Å². The van der Waals surface area contributed by atoms with E-state index in [1.807, 2.05) is 104 Å². The number of anilines is 1. The predicted molar refractivity (Wildman–Crippen MR) is 207 cm³/mol. The van der Waals surface area contributed by atoms with Gasteiger partial charge in [0.05, 0.1) is 23.7 Å². The lowest BCUT2D eigenvalue weighted by molar-refractivity contribution is 0.144. The minimum atomic E-state index is -0.904. The first kappa shape index (κ1) is 30.1. The van der Waals surface area contributed by atoms with Gasteiger partial charge >= 0.3 is 0 Å². The number of nitrogens with zero attached hydrogens (tertiary/aromatic N) is 2. The van der Waals surface area contributed by atoms with Gasteiger partial charge in [-0.2, -0.15) is 0 Å². The summed E-state index contributed by atoms with van der Waals surface area (Å²) in [5, 5.41) is 4.65. The zero-order valence-electron chi connectivity index (χ0n) is 28.3. The highest BCUT2D eigenvalue weighted by Crippen LogP contribution is 2.51. The summed E-state index contributed by atoms with van der Waals surface area (Å²) in [6, 6.07) is 48.8. The van der Waals surface area contributed by atoms with Crippen LogP contribution in [0.4, 0.5) is 11.4 Å². The van der Waals surface area contributed by atoms with Gasteiger partial charge in [0.15, 0.2) is 11.4 Å². The van der Waals surface area contributed by atoms with E-state index in [1.54, 1.807) is 6.26 Å². The molecule has 6 heteroatoms. The summed E-state index contributed by atoms with van der Waals surface area (Å²) in [7, 11) is 2.02. The molecule has 0 saturated heterocycles. The Morgan fingerprint density at radius 2 is 1.19 bits per heavy atom. The van der Waals surface area contributed by atoms with Crippen molar-refractivity contribution in [2.24, 2.45) is 4.99 Å². The molecule has 7 aromatic carbocycles. The fraction of sp³-hybridized carbons (Fsp3) is 0.0652. The molecule has 0 radical (unpaired) electrons. The van der Waals surface area contributed by atoms with Crippen LogP contribution in [0, 0.1) is 0 Å². The molecule has 4 heterocycles. The second-order valence-corrected chi connectivity index (χ2v) is 13.2. The Balaban J connectivity index is 0.000000134. The Bertz CT molecular complexity index is 2640. The van der Waals surface area contributed by atoms with Crippen LogP contribution in [0.25, 0.3) is 27.6 Å². The number of fused-ring (bicyclic) bond motifs is 11. The minimum Gasteiger partial charge on any atom is -0.473 e. The summed E-state index contributed by atoms with van der Waals surface area (Å²) in [6.07, 6.45) is 9.84. The van der Waals surface area contributed by atoms with Crippen molar-refractivity contribution in [1.82, 2.24) is 0 Å². The molecule has 4 aliphatic rings. The molecule has 2 unspecified atom stereocenters. The van der Waals surface area contributed by atoms with Gasteiger partial charge in [0.1, 0.15) is 28.7 Å². The first-order valence-electron chi connectivity index (χ1n) is 17.3. The Morgan fingerprint density at radius 3 is 2.04 bits per heavy atom. The van der Waals surface area contributed by atoms with Gasteiger partial charge in [-0.1, -0.05) is 103 Å². The molecule has 52 heavy (non-hydrogen) atoms. The van der Waals surface area contributed by atoms with Crippen LogP contribution in [0.15, 0.2) is 169 Å². The number of benzene rings is 7. The number of hydrogen-bond donors (Lipinski definition) is 0. The van der Waals surface area contributed by atoms with Crippen LogP contribution in [0.3, 0.4) is 0 Å². The maximum Gasteiger partial charge on any atom is 0.249 e. The van der Waals surface area contributed by atoms with E-state index < -0.39 is 11.3 Å². The van der Waals surface area contributed by atoms with Crippen LogP contribution in [-0.2, 0) is 11.3 Å². The molecule has 0 amide bonds. The predicted octanol–water partition coefficient (Wildman–Crippen LogP) is 11.1. The lowest BCUT2D eigenvalue weighted by atomic mass is 9.87. The number of hydrogen-bond acceptors (Lipinski definition) is 6. The van der Waals surface area contributed by atoms with E-state index in [2.05, 4.69) is 77.7 Å². The van der Waals surface area contributed by atoms with Gasteiger partial charge in [0, 0.05) is 29.6 Å². The molecule has 11 rings (SSSR count).